The molecule has 0 radical (unpaired) electrons. The molecular formula is C18H23N3. The molecule has 2 aromatic carbocycles. The molecule has 2 unspecified atom stereocenters. The van der Waals surface area contributed by atoms with Gasteiger partial charge in [-0.25, -0.2) is 5.43 Å². The average Bonchev–Trinajstić information content (AvgIpc) is 3.03. The number of benzene rings is 2. The van der Waals surface area contributed by atoms with Gasteiger partial charge >= 0.3 is 0 Å². The van der Waals surface area contributed by atoms with Gasteiger partial charge < -0.3 is 5.32 Å². The molecule has 0 aliphatic carbocycles. The van der Waals surface area contributed by atoms with Crippen molar-refractivity contribution in [2.24, 2.45) is 0 Å². The summed E-state index contributed by atoms with van der Waals surface area (Å²) in [7, 11) is 0. The van der Waals surface area contributed by atoms with E-state index in [1.807, 2.05) is 0 Å². The van der Waals surface area contributed by atoms with Crippen LogP contribution in [0.1, 0.15) is 24.9 Å². The highest BCUT2D eigenvalue weighted by Crippen LogP contribution is 2.25. The zero-order valence-corrected chi connectivity index (χ0v) is 12.5. The van der Waals surface area contributed by atoms with Gasteiger partial charge in [0.25, 0.3) is 0 Å². The number of hydrogen-bond acceptors (Lipinski definition) is 3. The van der Waals surface area contributed by atoms with E-state index in [4.69, 9.17) is 0 Å². The molecule has 3 rings (SSSR count). The van der Waals surface area contributed by atoms with Gasteiger partial charge in [0, 0.05) is 18.6 Å². The summed E-state index contributed by atoms with van der Waals surface area (Å²) in [4.78, 5) is 0. The van der Waals surface area contributed by atoms with Gasteiger partial charge in [0.05, 0.1) is 0 Å². The lowest BCUT2D eigenvalue weighted by Gasteiger charge is -2.11. The average molecular weight is 281 g/mol. The van der Waals surface area contributed by atoms with Crippen molar-refractivity contribution in [3.63, 3.8) is 0 Å². The Labute approximate surface area is 126 Å². The number of nitrogens with one attached hydrogen (secondary N) is 3. The van der Waals surface area contributed by atoms with E-state index in [2.05, 4.69) is 77.7 Å². The number of rotatable bonds is 5. The highest BCUT2D eigenvalue weighted by molar-refractivity contribution is 5.63. The summed E-state index contributed by atoms with van der Waals surface area (Å²) >= 11 is 0. The van der Waals surface area contributed by atoms with Crippen molar-refractivity contribution in [1.29, 1.82) is 0 Å². The van der Waals surface area contributed by atoms with Crippen LogP contribution in [0.5, 0.6) is 0 Å². The molecule has 1 aliphatic heterocycles. The molecule has 0 spiro atoms. The minimum atomic E-state index is 0.401. The van der Waals surface area contributed by atoms with Gasteiger partial charge in [0.2, 0.25) is 0 Å². The molecule has 1 saturated heterocycles. The molecule has 3 nitrogen and oxygen atoms in total. The van der Waals surface area contributed by atoms with Crippen molar-refractivity contribution in [2.45, 2.75) is 25.4 Å². The normalized spacial score (nSPS) is 21.6. The van der Waals surface area contributed by atoms with Gasteiger partial charge in [-0.2, -0.15) is 0 Å². The Morgan fingerprint density at radius 3 is 2.38 bits per heavy atom. The van der Waals surface area contributed by atoms with Crippen LogP contribution in [0.25, 0.3) is 11.1 Å². The van der Waals surface area contributed by atoms with Crippen LogP contribution in [-0.2, 0) is 0 Å². The van der Waals surface area contributed by atoms with Gasteiger partial charge in [-0.1, -0.05) is 61.5 Å². The van der Waals surface area contributed by atoms with Gasteiger partial charge in [0.1, 0.15) is 0 Å². The molecule has 1 fully saturated rings. The lowest BCUT2D eigenvalue weighted by molar-refractivity contribution is 0.512. The van der Waals surface area contributed by atoms with Crippen LogP contribution >= 0.6 is 0 Å². The van der Waals surface area contributed by atoms with Gasteiger partial charge in [0.15, 0.2) is 0 Å². The van der Waals surface area contributed by atoms with E-state index in [1.165, 1.54) is 16.7 Å². The first-order valence-corrected chi connectivity index (χ1v) is 7.74. The third-order valence-electron chi connectivity index (χ3n) is 4.04. The molecule has 0 bridgehead atoms. The van der Waals surface area contributed by atoms with Crippen LogP contribution in [0.3, 0.4) is 0 Å². The highest BCUT2D eigenvalue weighted by atomic mass is 15.4. The number of likely N-dealkylation sites (N-methyl/N-ethyl adjacent to an activating group) is 1. The number of hydrogen-bond donors (Lipinski definition) is 3. The first-order valence-electron chi connectivity index (χ1n) is 7.74. The van der Waals surface area contributed by atoms with Crippen LogP contribution in [0.4, 0.5) is 0 Å². The fourth-order valence-electron chi connectivity index (χ4n) is 2.83. The SMILES string of the molecule is CCNCC1CC(c2ccc(-c3ccccc3)cc2)NN1. The Balaban J connectivity index is 1.65. The van der Waals surface area contributed by atoms with Crippen molar-refractivity contribution in [3.05, 3.63) is 60.2 Å². The Morgan fingerprint density at radius 1 is 0.952 bits per heavy atom. The smallest absolute Gasteiger partial charge is 0.0478 e. The minimum absolute atomic E-state index is 0.401. The largest absolute Gasteiger partial charge is 0.315 e. The van der Waals surface area contributed by atoms with Crippen molar-refractivity contribution >= 4 is 0 Å². The molecule has 2 atom stereocenters. The van der Waals surface area contributed by atoms with Crippen LogP contribution in [0.2, 0.25) is 0 Å². The summed E-state index contributed by atoms with van der Waals surface area (Å²) in [5.74, 6) is 0. The van der Waals surface area contributed by atoms with Crippen LogP contribution < -0.4 is 16.2 Å². The summed E-state index contributed by atoms with van der Waals surface area (Å²) in [5, 5.41) is 3.39. The van der Waals surface area contributed by atoms with Crippen molar-refractivity contribution < 1.29 is 0 Å². The molecule has 0 aromatic heterocycles. The first kappa shape index (κ1) is 14.3. The predicted molar refractivity (Wildman–Crippen MR) is 87.8 cm³/mol. The fraction of sp³-hybridized carbons (Fsp3) is 0.333. The zero-order valence-electron chi connectivity index (χ0n) is 12.5. The molecule has 1 aliphatic rings. The lowest BCUT2D eigenvalue weighted by atomic mass is 9.98. The highest BCUT2D eigenvalue weighted by Gasteiger charge is 2.24. The molecule has 0 saturated carbocycles. The zero-order chi connectivity index (χ0) is 14.5. The quantitative estimate of drug-likeness (QED) is 0.788. The second-order valence-corrected chi connectivity index (χ2v) is 5.57. The molecule has 0 amide bonds. The monoisotopic (exact) mass is 281 g/mol. The summed E-state index contributed by atoms with van der Waals surface area (Å²) in [6, 6.07) is 20.3. The van der Waals surface area contributed by atoms with E-state index in [1.54, 1.807) is 0 Å². The summed E-state index contributed by atoms with van der Waals surface area (Å²) in [6.07, 6.45) is 1.12. The van der Waals surface area contributed by atoms with E-state index < -0.39 is 0 Å². The standard InChI is InChI=1S/C18H23N3/c1-2-19-13-17-12-18(21-20-17)16-10-8-15(9-11-16)14-6-4-3-5-7-14/h3-11,17-21H,2,12-13H2,1H3. The second-order valence-electron chi connectivity index (χ2n) is 5.57. The minimum Gasteiger partial charge on any atom is -0.315 e. The van der Waals surface area contributed by atoms with Crippen LogP contribution in [0, 0.1) is 0 Å². The molecular weight excluding hydrogens is 258 g/mol. The maximum Gasteiger partial charge on any atom is 0.0478 e. The molecule has 110 valence electrons. The lowest BCUT2D eigenvalue weighted by Crippen LogP contribution is -2.37. The predicted octanol–water partition coefficient (Wildman–Crippen LogP) is 2.87. The Bertz CT molecular complexity index is 550. The summed E-state index contributed by atoms with van der Waals surface area (Å²) in [6.45, 7) is 4.18. The van der Waals surface area contributed by atoms with Gasteiger partial charge in [-0.05, 0) is 29.7 Å². The molecule has 3 heteroatoms. The Morgan fingerprint density at radius 2 is 1.67 bits per heavy atom. The second kappa shape index (κ2) is 6.85. The van der Waals surface area contributed by atoms with E-state index in [-0.39, 0.29) is 0 Å². The van der Waals surface area contributed by atoms with Gasteiger partial charge in [-0.15, -0.1) is 0 Å². The summed E-state index contributed by atoms with van der Waals surface area (Å²) < 4.78 is 0. The van der Waals surface area contributed by atoms with Crippen molar-refractivity contribution in [1.82, 2.24) is 16.2 Å². The molecule has 2 aromatic rings. The van der Waals surface area contributed by atoms with Crippen LogP contribution in [-0.4, -0.2) is 19.1 Å². The third-order valence-corrected chi connectivity index (χ3v) is 4.04. The van der Waals surface area contributed by atoms with Gasteiger partial charge in [-0.3, -0.25) is 5.43 Å². The van der Waals surface area contributed by atoms with Crippen molar-refractivity contribution in [2.75, 3.05) is 13.1 Å². The van der Waals surface area contributed by atoms with E-state index in [9.17, 15) is 0 Å². The van der Waals surface area contributed by atoms with E-state index in [0.717, 1.165) is 19.5 Å². The summed E-state index contributed by atoms with van der Waals surface area (Å²) in [5.41, 5.74) is 10.7. The number of hydrazine groups is 1. The van der Waals surface area contributed by atoms with Crippen LogP contribution in [0.15, 0.2) is 54.6 Å². The maximum absolute atomic E-state index is 3.40. The molecule has 21 heavy (non-hydrogen) atoms. The topological polar surface area (TPSA) is 36.1 Å². The fourth-order valence-corrected chi connectivity index (χ4v) is 2.83. The molecule has 1 heterocycles. The Hall–Kier alpha value is -1.68. The maximum atomic E-state index is 3.40. The van der Waals surface area contributed by atoms with E-state index in [0.29, 0.717) is 12.1 Å². The van der Waals surface area contributed by atoms with E-state index >= 15 is 0 Å². The molecule has 3 N–H and O–H groups in total. The van der Waals surface area contributed by atoms with Crippen molar-refractivity contribution in [3.8, 4) is 11.1 Å². The third kappa shape index (κ3) is 3.50. The first-order chi connectivity index (χ1) is 10.4. The Kier molecular flexibility index (Phi) is 4.65.